The lowest BCUT2D eigenvalue weighted by Crippen LogP contribution is -2.48. The predicted octanol–water partition coefficient (Wildman–Crippen LogP) is 0.268. The molecule has 1 aromatic rings. The van der Waals surface area contributed by atoms with E-state index >= 15 is 0 Å². The third-order valence-electron chi connectivity index (χ3n) is 3.70. The van der Waals surface area contributed by atoms with Gasteiger partial charge < -0.3 is 15.4 Å². The lowest BCUT2D eigenvalue weighted by atomic mass is 9.69. The number of aliphatic carboxylic acids is 1. The van der Waals surface area contributed by atoms with Gasteiger partial charge in [-0.3, -0.25) is 24.5 Å². The maximum absolute atomic E-state index is 11.9. The van der Waals surface area contributed by atoms with Crippen LogP contribution >= 0.6 is 0 Å². The van der Waals surface area contributed by atoms with Crippen molar-refractivity contribution in [2.24, 2.45) is 5.41 Å². The minimum absolute atomic E-state index is 0.108. The number of hydrogen-bond donors (Lipinski definition) is 3. The number of carbonyl (C=O) groups excluding carboxylic acids is 1. The first-order valence-electron chi connectivity index (χ1n) is 6.24. The molecule has 112 valence electrons. The van der Waals surface area contributed by atoms with Crippen molar-refractivity contribution in [2.75, 3.05) is 6.54 Å². The minimum atomic E-state index is -0.998. The van der Waals surface area contributed by atoms with Crippen LogP contribution in [0.5, 0.6) is 0 Å². The third kappa shape index (κ3) is 2.76. The molecule has 0 radical (unpaired) electrons. The molecule has 1 heterocycles. The summed E-state index contributed by atoms with van der Waals surface area (Å²) in [7, 11) is 0. The molecule has 21 heavy (non-hydrogen) atoms. The van der Waals surface area contributed by atoms with Crippen LogP contribution in [-0.4, -0.2) is 33.4 Å². The molecule has 2 rings (SSSR count). The Bertz CT molecular complexity index is 661. The van der Waals surface area contributed by atoms with E-state index in [4.69, 9.17) is 5.11 Å². The van der Waals surface area contributed by atoms with Gasteiger partial charge in [-0.25, -0.2) is 0 Å². The Hall–Kier alpha value is -2.71. The largest absolute Gasteiger partial charge is 0.481 e. The molecule has 1 fully saturated rings. The molecule has 9 nitrogen and oxygen atoms in total. The number of carbonyl (C=O) groups is 2. The fourth-order valence-corrected chi connectivity index (χ4v) is 2.16. The molecule has 1 saturated carbocycles. The Morgan fingerprint density at radius 3 is 2.62 bits per heavy atom. The van der Waals surface area contributed by atoms with Gasteiger partial charge in [-0.05, 0) is 12.8 Å². The summed E-state index contributed by atoms with van der Waals surface area (Å²) < 4.78 is 0. The van der Waals surface area contributed by atoms with E-state index in [0.717, 1.165) is 18.7 Å². The van der Waals surface area contributed by atoms with Crippen molar-refractivity contribution < 1.29 is 19.6 Å². The van der Waals surface area contributed by atoms with Crippen LogP contribution in [-0.2, 0) is 4.79 Å². The lowest BCUT2D eigenvalue weighted by molar-refractivity contribution is -0.385. The quantitative estimate of drug-likeness (QED) is 0.525. The van der Waals surface area contributed by atoms with E-state index in [-0.39, 0.29) is 6.54 Å². The minimum Gasteiger partial charge on any atom is -0.481 e. The summed E-state index contributed by atoms with van der Waals surface area (Å²) in [4.78, 5) is 46.6. The van der Waals surface area contributed by atoms with Crippen LogP contribution in [0.4, 0.5) is 5.69 Å². The molecule has 0 spiro atoms. The van der Waals surface area contributed by atoms with E-state index < -0.39 is 39.0 Å². The molecule has 0 atom stereocenters. The predicted molar refractivity (Wildman–Crippen MR) is 70.0 cm³/mol. The number of carboxylic acid groups (broad SMARTS) is 1. The zero-order valence-corrected chi connectivity index (χ0v) is 10.9. The lowest BCUT2D eigenvalue weighted by Gasteiger charge is -2.37. The molecule has 3 N–H and O–H groups in total. The number of nitro groups is 1. The van der Waals surface area contributed by atoms with Crippen LogP contribution in [0.1, 0.15) is 29.6 Å². The summed E-state index contributed by atoms with van der Waals surface area (Å²) in [6.45, 7) is -0.108. The van der Waals surface area contributed by atoms with E-state index in [0.29, 0.717) is 12.8 Å². The van der Waals surface area contributed by atoms with Gasteiger partial charge >= 0.3 is 5.97 Å². The molecule has 9 heteroatoms. The average molecular weight is 295 g/mol. The van der Waals surface area contributed by atoms with Crippen LogP contribution in [0.25, 0.3) is 0 Å². The van der Waals surface area contributed by atoms with E-state index in [9.17, 15) is 24.5 Å². The zero-order valence-electron chi connectivity index (χ0n) is 10.9. The maximum Gasteiger partial charge on any atom is 0.311 e. The van der Waals surface area contributed by atoms with E-state index in [1.54, 1.807) is 0 Å². The molecule has 0 aromatic carbocycles. The van der Waals surface area contributed by atoms with Gasteiger partial charge in [0.1, 0.15) is 5.56 Å². The monoisotopic (exact) mass is 295 g/mol. The van der Waals surface area contributed by atoms with Crippen molar-refractivity contribution >= 4 is 17.6 Å². The number of hydrogen-bond acceptors (Lipinski definition) is 5. The summed E-state index contributed by atoms with van der Waals surface area (Å²) in [6.07, 6.45) is 2.56. The van der Waals surface area contributed by atoms with Gasteiger partial charge in [0.2, 0.25) is 0 Å². The second-order valence-electron chi connectivity index (χ2n) is 4.98. The Morgan fingerprint density at radius 1 is 1.48 bits per heavy atom. The highest BCUT2D eigenvalue weighted by atomic mass is 16.6. The van der Waals surface area contributed by atoms with Gasteiger partial charge in [-0.1, -0.05) is 6.42 Å². The Balaban J connectivity index is 2.14. The molecule has 1 aromatic heterocycles. The van der Waals surface area contributed by atoms with Gasteiger partial charge in [0, 0.05) is 12.6 Å². The van der Waals surface area contributed by atoms with Crippen molar-refractivity contribution in [3.05, 3.63) is 38.3 Å². The number of aromatic nitrogens is 1. The fraction of sp³-hybridized carbons (Fsp3) is 0.417. The molecule has 1 aliphatic carbocycles. The van der Waals surface area contributed by atoms with Crippen LogP contribution in [0.2, 0.25) is 0 Å². The van der Waals surface area contributed by atoms with Gasteiger partial charge in [0.05, 0.1) is 16.5 Å². The molecule has 0 saturated heterocycles. The Labute approximate surface area is 118 Å². The number of carboxylic acids is 1. The van der Waals surface area contributed by atoms with Gasteiger partial charge in [-0.15, -0.1) is 0 Å². The highest BCUT2D eigenvalue weighted by Gasteiger charge is 2.44. The normalized spacial score (nSPS) is 15.8. The maximum atomic E-state index is 11.9. The SMILES string of the molecule is O=C(NCC1(C(=O)O)CCC1)c1cc([N+](=O)[O-])c[nH]c1=O. The van der Waals surface area contributed by atoms with E-state index in [1.807, 2.05) is 0 Å². The molecular weight excluding hydrogens is 282 g/mol. The van der Waals surface area contributed by atoms with Crippen LogP contribution < -0.4 is 10.9 Å². The average Bonchev–Trinajstić information content (AvgIpc) is 2.36. The molecule has 1 aliphatic rings. The smallest absolute Gasteiger partial charge is 0.311 e. The van der Waals surface area contributed by atoms with Crippen molar-refractivity contribution in [1.29, 1.82) is 0 Å². The Kier molecular flexibility index (Phi) is 3.74. The summed E-state index contributed by atoms with van der Waals surface area (Å²) in [6, 6.07) is 0.863. The highest BCUT2D eigenvalue weighted by molar-refractivity contribution is 5.94. The number of pyridine rings is 1. The first kappa shape index (κ1) is 14.7. The van der Waals surface area contributed by atoms with Crippen molar-refractivity contribution in [3.63, 3.8) is 0 Å². The van der Waals surface area contributed by atoms with Crippen LogP contribution in [0.15, 0.2) is 17.1 Å². The molecular formula is C12H13N3O6. The first-order valence-corrected chi connectivity index (χ1v) is 6.24. The van der Waals surface area contributed by atoms with Gasteiger partial charge in [-0.2, -0.15) is 0 Å². The molecule has 0 bridgehead atoms. The van der Waals surface area contributed by atoms with E-state index in [2.05, 4.69) is 10.3 Å². The van der Waals surface area contributed by atoms with Gasteiger partial charge in [0.15, 0.2) is 0 Å². The van der Waals surface area contributed by atoms with E-state index in [1.165, 1.54) is 0 Å². The number of nitrogens with one attached hydrogen (secondary N) is 2. The van der Waals surface area contributed by atoms with Crippen LogP contribution in [0, 0.1) is 15.5 Å². The topological polar surface area (TPSA) is 142 Å². The zero-order chi connectivity index (χ0) is 15.6. The molecule has 0 aliphatic heterocycles. The number of amides is 1. The fourth-order valence-electron chi connectivity index (χ4n) is 2.16. The number of nitrogens with zero attached hydrogens (tertiary/aromatic N) is 1. The summed E-state index contributed by atoms with van der Waals surface area (Å²) in [5.74, 6) is -1.82. The number of H-pyrrole nitrogens is 1. The van der Waals surface area contributed by atoms with Crippen molar-refractivity contribution in [1.82, 2.24) is 10.3 Å². The van der Waals surface area contributed by atoms with Crippen molar-refractivity contribution in [3.8, 4) is 0 Å². The summed E-state index contributed by atoms with van der Waals surface area (Å²) in [5, 5.41) is 22.1. The molecule has 0 unspecified atom stereocenters. The Morgan fingerprint density at radius 2 is 2.14 bits per heavy atom. The highest BCUT2D eigenvalue weighted by Crippen LogP contribution is 2.40. The second kappa shape index (κ2) is 5.35. The standard InChI is InChI=1S/C12H13N3O6/c16-9-8(4-7(5-13-9)15(20)21)10(17)14-6-12(11(18)19)2-1-3-12/h4-5H,1-3,6H2,(H,13,16)(H,14,17)(H,18,19). The van der Waals surface area contributed by atoms with Crippen LogP contribution in [0.3, 0.4) is 0 Å². The summed E-state index contributed by atoms with van der Waals surface area (Å²) in [5.41, 5.74) is -2.60. The summed E-state index contributed by atoms with van der Waals surface area (Å²) >= 11 is 0. The first-order chi connectivity index (χ1) is 9.85. The number of aromatic amines is 1. The third-order valence-corrected chi connectivity index (χ3v) is 3.70. The second-order valence-corrected chi connectivity index (χ2v) is 4.98. The number of rotatable bonds is 5. The molecule has 1 amide bonds. The van der Waals surface area contributed by atoms with Crippen molar-refractivity contribution in [2.45, 2.75) is 19.3 Å². The van der Waals surface area contributed by atoms with Gasteiger partial charge in [0.25, 0.3) is 17.2 Å².